The lowest BCUT2D eigenvalue weighted by molar-refractivity contribution is -0.142. The van der Waals surface area contributed by atoms with Crippen LogP contribution >= 0.6 is 0 Å². The van der Waals surface area contributed by atoms with E-state index in [1.165, 1.54) is 7.11 Å². The first-order valence-corrected chi connectivity index (χ1v) is 19.3. The molecule has 10 heteroatoms. The number of likely N-dealkylation sites (tertiary alicyclic amines) is 2. The van der Waals surface area contributed by atoms with Gasteiger partial charge in [-0.25, -0.2) is 17.2 Å². The van der Waals surface area contributed by atoms with Crippen LogP contribution in [0.3, 0.4) is 0 Å². The first kappa shape index (κ1) is 33.0. The van der Waals surface area contributed by atoms with Crippen molar-refractivity contribution in [3.8, 4) is 0 Å². The summed E-state index contributed by atoms with van der Waals surface area (Å²) in [6, 6.07) is 11.6. The average molecular weight is 670 g/mol. The minimum absolute atomic E-state index is 0.136. The standard InChI is InChI=1S/C37H49F2N3O4S/c1-46-36(43)18-27-4-2-5-35(27)37(25-41-14-3-15-41,29-19-30(38)21-31(39)20-29)28-12-16-40(17-13-28)22-26-23-42(24-26)32-6-8-33(9-7-32)47(44,45)34-10-11-34/h6-9,19-21,26-28,34-35H,2-5,10-18,22-25H2,1H3/t27-,35+,37-/m1/s1. The third kappa shape index (κ3) is 6.71. The number of methoxy groups -OCH3 is 1. The normalized spacial score (nSPS) is 26.1. The molecule has 256 valence electrons. The van der Waals surface area contributed by atoms with E-state index in [1.807, 2.05) is 12.1 Å². The summed E-state index contributed by atoms with van der Waals surface area (Å²) in [4.78, 5) is 20.3. The number of carbonyl (C=O) groups is 1. The summed E-state index contributed by atoms with van der Waals surface area (Å²) in [7, 11) is -1.73. The molecule has 0 amide bonds. The van der Waals surface area contributed by atoms with Crippen molar-refractivity contribution in [2.24, 2.45) is 23.7 Å². The molecule has 7 nitrogen and oxygen atoms in total. The van der Waals surface area contributed by atoms with Gasteiger partial charge in [-0.2, -0.15) is 0 Å². The van der Waals surface area contributed by atoms with Crippen molar-refractivity contribution in [3.63, 3.8) is 0 Å². The zero-order valence-corrected chi connectivity index (χ0v) is 28.4. The number of sulfone groups is 1. The molecule has 0 N–H and O–H groups in total. The monoisotopic (exact) mass is 669 g/mol. The molecule has 3 aliphatic heterocycles. The molecule has 47 heavy (non-hydrogen) atoms. The van der Waals surface area contributed by atoms with Crippen LogP contribution in [0, 0.1) is 35.3 Å². The second-order valence-corrected chi connectivity index (χ2v) is 17.2. The van der Waals surface area contributed by atoms with Crippen LogP contribution < -0.4 is 4.90 Å². The van der Waals surface area contributed by atoms with Gasteiger partial charge < -0.3 is 19.4 Å². The number of piperidine rings is 1. The van der Waals surface area contributed by atoms with Gasteiger partial charge in [0.1, 0.15) is 11.6 Å². The van der Waals surface area contributed by atoms with E-state index in [2.05, 4.69) is 14.7 Å². The Morgan fingerprint density at radius 3 is 2.15 bits per heavy atom. The van der Waals surface area contributed by atoms with Gasteiger partial charge in [0.05, 0.1) is 17.3 Å². The predicted molar refractivity (Wildman–Crippen MR) is 178 cm³/mol. The summed E-state index contributed by atoms with van der Waals surface area (Å²) in [5.41, 5.74) is 1.41. The molecule has 2 aliphatic carbocycles. The minimum Gasteiger partial charge on any atom is -0.469 e. The maximum absolute atomic E-state index is 15.0. The third-order valence-electron chi connectivity index (χ3n) is 12.1. The number of carbonyl (C=O) groups excluding carboxylic acids is 1. The molecule has 2 aromatic carbocycles. The fourth-order valence-corrected chi connectivity index (χ4v) is 11.0. The van der Waals surface area contributed by atoms with Gasteiger partial charge in [-0.3, -0.25) is 4.79 Å². The molecular weight excluding hydrogens is 620 g/mol. The zero-order chi connectivity index (χ0) is 32.8. The summed E-state index contributed by atoms with van der Waals surface area (Å²) in [5.74, 6) is -0.157. The van der Waals surface area contributed by atoms with Crippen LogP contribution in [-0.4, -0.2) is 88.9 Å². The van der Waals surface area contributed by atoms with Gasteiger partial charge in [-0.05, 0) is 131 Å². The molecular formula is C37H49F2N3O4S. The molecule has 3 heterocycles. The number of esters is 1. The lowest BCUT2D eigenvalue weighted by Crippen LogP contribution is -2.58. The molecule has 7 rings (SSSR count). The van der Waals surface area contributed by atoms with Crippen LogP contribution in [0.1, 0.15) is 63.4 Å². The summed E-state index contributed by atoms with van der Waals surface area (Å²) >= 11 is 0. The van der Waals surface area contributed by atoms with Crippen LogP contribution in [0.5, 0.6) is 0 Å². The first-order valence-electron chi connectivity index (χ1n) is 17.7. The predicted octanol–water partition coefficient (Wildman–Crippen LogP) is 5.67. The van der Waals surface area contributed by atoms with E-state index in [0.717, 1.165) is 121 Å². The van der Waals surface area contributed by atoms with Crippen molar-refractivity contribution < 1.29 is 26.7 Å². The number of nitrogens with zero attached hydrogens (tertiary/aromatic N) is 3. The second kappa shape index (κ2) is 13.4. The molecule has 2 saturated carbocycles. The highest BCUT2D eigenvalue weighted by Gasteiger charge is 2.53. The summed E-state index contributed by atoms with van der Waals surface area (Å²) in [5, 5.41) is -0.193. The quantitative estimate of drug-likeness (QED) is 0.270. The first-order chi connectivity index (χ1) is 22.7. The molecule has 0 spiro atoms. The van der Waals surface area contributed by atoms with E-state index in [1.54, 1.807) is 24.3 Å². The van der Waals surface area contributed by atoms with Gasteiger partial charge in [0, 0.05) is 55.7 Å². The van der Waals surface area contributed by atoms with E-state index in [-0.39, 0.29) is 29.0 Å². The van der Waals surface area contributed by atoms with Crippen LogP contribution in [-0.2, 0) is 24.8 Å². The zero-order valence-electron chi connectivity index (χ0n) is 27.6. The minimum atomic E-state index is -3.17. The third-order valence-corrected chi connectivity index (χ3v) is 14.4. The van der Waals surface area contributed by atoms with Crippen LogP contribution in [0.25, 0.3) is 0 Å². The fraction of sp³-hybridized carbons (Fsp3) is 0.649. The van der Waals surface area contributed by atoms with E-state index >= 15 is 0 Å². The maximum atomic E-state index is 15.0. The highest BCUT2D eigenvalue weighted by Crippen LogP contribution is 2.54. The van der Waals surface area contributed by atoms with Crippen molar-refractivity contribution >= 4 is 21.5 Å². The number of anilines is 1. The average Bonchev–Trinajstić information content (AvgIpc) is 3.79. The molecule has 5 fully saturated rings. The molecule has 2 aromatic rings. The van der Waals surface area contributed by atoms with E-state index in [0.29, 0.717) is 17.2 Å². The number of hydrogen-bond acceptors (Lipinski definition) is 7. The molecule has 0 unspecified atom stereocenters. The number of benzene rings is 2. The largest absolute Gasteiger partial charge is 0.469 e. The fourth-order valence-electron chi connectivity index (χ4n) is 9.39. The van der Waals surface area contributed by atoms with Crippen molar-refractivity contribution in [1.29, 1.82) is 0 Å². The number of rotatable bonds is 12. The lowest BCUT2D eigenvalue weighted by Gasteiger charge is -2.54. The Labute approximate surface area is 278 Å². The lowest BCUT2D eigenvalue weighted by atomic mass is 9.56. The van der Waals surface area contributed by atoms with Crippen LogP contribution in [0.2, 0.25) is 0 Å². The van der Waals surface area contributed by atoms with Gasteiger partial charge >= 0.3 is 5.97 Å². The van der Waals surface area contributed by atoms with Gasteiger partial charge in [0.15, 0.2) is 9.84 Å². The highest BCUT2D eigenvalue weighted by atomic mass is 32.2. The summed E-state index contributed by atoms with van der Waals surface area (Å²) in [6.07, 6.45) is 7.88. The topological polar surface area (TPSA) is 70.2 Å². The highest BCUT2D eigenvalue weighted by molar-refractivity contribution is 7.92. The van der Waals surface area contributed by atoms with E-state index < -0.39 is 26.9 Å². The van der Waals surface area contributed by atoms with Crippen molar-refractivity contribution in [2.45, 2.75) is 73.3 Å². The van der Waals surface area contributed by atoms with Gasteiger partial charge in [-0.1, -0.05) is 6.42 Å². The molecule has 0 bridgehead atoms. The van der Waals surface area contributed by atoms with Crippen molar-refractivity contribution in [3.05, 3.63) is 59.7 Å². The molecule has 3 atom stereocenters. The Hall–Kier alpha value is -2.56. The van der Waals surface area contributed by atoms with Crippen LogP contribution in [0.4, 0.5) is 14.5 Å². The van der Waals surface area contributed by atoms with E-state index in [9.17, 15) is 22.0 Å². The second-order valence-electron chi connectivity index (χ2n) is 15.0. The van der Waals surface area contributed by atoms with E-state index in [4.69, 9.17) is 4.74 Å². The Morgan fingerprint density at radius 2 is 1.55 bits per heavy atom. The molecule has 3 saturated heterocycles. The Kier molecular flexibility index (Phi) is 9.39. The van der Waals surface area contributed by atoms with Gasteiger partial charge in [0.2, 0.25) is 0 Å². The molecule has 5 aliphatic rings. The van der Waals surface area contributed by atoms with Gasteiger partial charge in [-0.15, -0.1) is 0 Å². The SMILES string of the molecule is COC(=O)C[C@H]1CCC[C@@H]1[C@@](CN1CCC1)(c1cc(F)cc(F)c1)C1CCN(CC2CN(c3ccc(S(=O)(=O)C4CC4)cc3)C2)CC1. The number of ether oxygens (including phenoxy) is 1. The summed E-state index contributed by atoms with van der Waals surface area (Å²) in [6.45, 7) is 7.60. The Bertz CT molecular complexity index is 1510. The molecule has 0 aromatic heterocycles. The van der Waals surface area contributed by atoms with Gasteiger partial charge in [0.25, 0.3) is 0 Å². The van der Waals surface area contributed by atoms with Crippen molar-refractivity contribution in [1.82, 2.24) is 9.80 Å². The number of hydrogen-bond donors (Lipinski definition) is 0. The Balaban J connectivity index is 1.04. The van der Waals surface area contributed by atoms with Crippen molar-refractivity contribution in [2.75, 3.05) is 64.4 Å². The number of halogens is 2. The maximum Gasteiger partial charge on any atom is 0.305 e. The smallest absolute Gasteiger partial charge is 0.305 e. The molecule has 0 radical (unpaired) electrons. The summed E-state index contributed by atoms with van der Waals surface area (Å²) < 4.78 is 60.2. The van der Waals surface area contributed by atoms with Crippen LogP contribution in [0.15, 0.2) is 47.4 Å². The Morgan fingerprint density at radius 1 is 0.872 bits per heavy atom.